The maximum absolute atomic E-state index is 13.0. The van der Waals surface area contributed by atoms with Crippen molar-refractivity contribution in [1.82, 2.24) is 15.5 Å². The first-order valence-corrected chi connectivity index (χ1v) is 8.62. The second kappa shape index (κ2) is 4.93. The van der Waals surface area contributed by atoms with E-state index in [1.54, 1.807) is 0 Å². The van der Waals surface area contributed by atoms with Crippen LogP contribution in [0.3, 0.4) is 0 Å². The molecule has 2 heterocycles. The second-order valence-electron chi connectivity index (χ2n) is 6.64. The third-order valence-corrected chi connectivity index (χ3v) is 5.84. The Bertz CT molecular complexity index is 805. The Morgan fingerprint density at radius 1 is 1.26 bits per heavy atom. The van der Waals surface area contributed by atoms with Crippen LogP contribution in [0.15, 0.2) is 0 Å². The number of thiophene rings is 1. The molecule has 0 unspecified atom stereocenters. The first-order chi connectivity index (χ1) is 10.9. The molecule has 2 aliphatic rings. The summed E-state index contributed by atoms with van der Waals surface area (Å²) in [4.78, 5) is 14.0. The molecule has 122 valence electrons. The number of rotatable bonds is 3. The van der Waals surface area contributed by atoms with E-state index in [1.807, 2.05) is 13.8 Å². The zero-order chi connectivity index (χ0) is 16.4. The summed E-state index contributed by atoms with van der Waals surface area (Å²) in [7, 11) is 0. The van der Waals surface area contributed by atoms with E-state index in [1.165, 1.54) is 11.3 Å². The lowest BCUT2D eigenvalue weighted by Gasteiger charge is -2.35. The lowest BCUT2D eigenvalue weighted by Crippen LogP contribution is -2.50. The van der Waals surface area contributed by atoms with Crippen molar-refractivity contribution < 1.29 is 13.6 Å². The summed E-state index contributed by atoms with van der Waals surface area (Å²) in [5, 5.41) is 12.1. The third-order valence-electron chi connectivity index (χ3n) is 4.75. The Labute approximate surface area is 136 Å². The van der Waals surface area contributed by atoms with Gasteiger partial charge in [0.05, 0.1) is 10.6 Å². The number of hydrogen-bond donors (Lipinski definition) is 1. The molecule has 1 N–H and O–H groups in total. The van der Waals surface area contributed by atoms with E-state index in [4.69, 9.17) is 0 Å². The summed E-state index contributed by atoms with van der Waals surface area (Å²) in [6.45, 7) is 3.91. The van der Waals surface area contributed by atoms with Gasteiger partial charge in [-0.2, -0.15) is 5.10 Å². The number of carbonyl (C=O) groups is 1. The van der Waals surface area contributed by atoms with Crippen molar-refractivity contribution in [3.8, 4) is 0 Å². The molecule has 0 spiro atoms. The number of halogens is 2. The highest BCUT2D eigenvalue weighted by molar-refractivity contribution is 7.20. The number of fused-ring (bicyclic) bond motifs is 1. The van der Waals surface area contributed by atoms with Gasteiger partial charge in [0.1, 0.15) is 4.83 Å². The predicted octanol–water partition coefficient (Wildman–Crippen LogP) is 3.71. The summed E-state index contributed by atoms with van der Waals surface area (Å²) in [6, 6.07) is -0.427. The highest BCUT2D eigenvalue weighted by atomic mass is 32.1. The molecule has 2 aromatic heterocycles. The number of aryl methyl sites for hydroxylation is 2. The van der Waals surface area contributed by atoms with E-state index in [0.29, 0.717) is 10.8 Å². The molecule has 7 heteroatoms. The molecule has 4 rings (SSSR count). The lowest BCUT2D eigenvalue weighted by molar-refractivity contribution is -0.0901. The summed E-state index contributed by atoms with van der Waals surface area (Å²) in [5.74, 6) is -2.49. The molecule has 2 saturated carbocycles. The average Bonchev–Trinajstić information content (AvgIpc) is 3.21. The van der Waals surface area contributed by atoms with E-state index in [-0.39, 0.29) is 18.7 Å². The highest BCUT2D eigenvalue weighted by Gasteiger charge is 2.46. The van der Waals surface area contributed by atoms with Gasteiger partial charge in [0.25, 0.3) is 11.8 Å². The Morgan fingerprint density at radius 3 is 2.57 bits per heavy atom. The highest BCUT2D eigenvalue weighted by Crippen LogP contribution is 2.48. The van der Waals surface area contributed by atoms with Crippen LogP contribution in [0.4, 0.5) is 8.78 Å². The Kier molecular flexibility index (Phi) is 3.20. The molecule has 0 saturated heterocycles. The maximum atomic E-state index is 13.0. The Hall–Kier alpha value is -1.63. The number of aromatic nitrogens is 2. The fourth-order valence-corrected chi connectivity index (χ4v) is 4.36. The zero-order valence-electron chi connectivity index (χ0n) is 12.9. The first-order valence-electron chi connectivity index (χ1n) is 7.81. The van der Waals surface area contributed by atoms with Crippen LogP contribution in [-0.2, 0) is 0 Å². The van der Waals surface area contributed by atoms with Crippen molar-refractivity contribution in [3.05, 3.63) is 21.7 Å². The smallest absolute Gasteiger partial charge is 0.261 e. The summed E-state index contributed by atoms with van der Waals surface area (Å²) in [6.07, 6.45) is 1.60. The van der Waals surface area contributed by atoms with Gasteiger partial charge in [0.2, 0.25) is 0 Å². The summed E-state index contributed by atoms with van der Waals surface area (Å²) >= 11 is 1.33. The molecule has 2 fully saturated rings. The van der Waals surface area contributed by atoms with Crippen LogP contribution in [0.2, 0.25) is 0 Å². The molecular formula is C16H17F2N3OS. The number of carbonyl (C=O) groups excluding carboxylic acids is 1. The van der Waals surface area contributed by atoms with Crippen LogP contribution in [0.25, 0.3) is 10.2 Å². The molecular weight excluding hydrogens is 320 g/mol. The lowest BCUT2D eigenvalue weighted by atomic mass is 9.88. The van der Waals surface area contributed by atoms with Gasteiger partial charge in [0.15, 0.2) is 0 Å². The molecule has 2 aliphatic carbocycles. The normalized spacial score (nSPS) is 20.5. The summed E-state index contributed by atoms with van der Waals surface area (Å²) in [5.41, 5.74) is 2.97. The molecule has 0 bridgehead atoms. The van der Waals surface area contributed by atoms with Crippen molar-refractivity contribution in [2.45, 2.75) is 57.4 Å². The molecule has 0 radical (unpaired) electrons. The molecule has 23 heavy (non-hydrogen) atoms. The van der Waals surface area contributed by atoms with Crippen LogP contribution < -0.4 is 5.32 Å². The molecule has 2 aromatic rings. The van der Waals surface area contributed by atoms with Gasteiger partial charge < -0.3 is 5.32 Å². The largest absolute Gasteiger partial charge is 0.348 e. The van der Waals surface area contributed by atoms with E-state index in [0.717, 1.165) is 39.9 Å². The van der Waals surface area contributed by atoms with Crippen molar-refractivity contribution >= 4 is 27.5 Å². The minimum Gasteiger partial charge on any atom is -0.348 e. The van der Waals surface area contributed by atoms with Crippen LogP contribution in [0, 0.1) is 13.8 Å². The molecule has 1 amide bonds. The number of amides is 1. The molecule has 0 aliphatic heterocycles. The molecule has 0 aromatic carbocycles. The van der Waals surface area contributed by atoms with Gasteiger partial charge in [-0.15, -0.1) is 16.4 Å². The van der Waals surface area contributed by atoms with Gasteiger partial charge in [0, 0.05) is 24.3 Å². The topological polar surface area (TPSA) is 54.9 Å². The summed E-state index contributed by atoms with van der Waals surface area (Å²) < 4.78 is 25.9. The maximum Gasteiger partial charge on any atom is 0.261 e. The van der Waals surface area contributed by atoms with Gasteiger partial charge in [-0.3, -0.25) is 4.79 Å². The van der Waals surface area contributed by atoms with E-state index in [2.05, 4.69) is 15.5 Å². The Morgan fingerprint density at radius 2 is 1.96 bits per heavy atom. The number of hydrogen-bond acceptors (Lipinski definition) is 4. The second-order valence-corrected chi connectivity index (χ2v) is 7.64. The van der Waals surface area contributed by atoms with E-state index in [9.17, 15) is 13.6 Å². The van der Waals surface area contributed by atoms with Gasteiger partial charge >= 0.3 is 0 Å². The quantitative estimate of drug-likeness (QED) is 0.929. The van der Waals surface area contributed by atoms with E-state index >= 15 is 0 Å². The monoisotopic (exact) mass is 337 g/mol. The average molecular weight is 337 g/mol. The first kappa shape index (κ1) is 14.9. The zero-order valence-corrected chi connectivity index (χ0v) is 13.8. The fourth-order valence-electron chi connectivity index (χ4n) is 3.18. The van der Waals surface area contributed by atoms with Crippen LogP contribution in [0.5, 0.6) is 0 Å². The predicted molar refractivity (Wildman–Crippen MR) is 84.3 cm³/mol. The number of nitrogens with one attached hydrogen (secondary N) is 1. The van der Waals surface area contributed by atoms with Gasteiger partial charge in [-0.05, 0) is 43.7 Å². The SMILES string of the molecule is Cc1nnc2sc(C(=O)NC3CC(F)(F)C3)c(C3CC3)c2c1C. The number of alkyl halides is 2. The van der Waals surface area contributed by atoms with Crippen molar-refractivity contribution in [2.75, 3.05) is 0 Å². The fraction of sp³-hybridized carbons (Fsp3) is 0.562. The Balaban J connectivity index is 1.71. The van der Waals surface area contributed by atoms with Crippen LogP contribution in [-0.4, -0.2) is 28.1 Å². The minimum atomic E-state index is -2.63. The third kappa shape index (κ3) is 2.51. The van der Waals surface area contributed by atoms with Gasteiger partial charge in [-0.1, -0.05) is 0 Å². The van der Waals surface area contributed by atoms with E-state index < -0.39 is 12.0 Å². The standard InChI is InChI=1S/C16H17F2N3OS/c1-7-8(2)20-21-15-11(7)12(9-3-4-9)13(23-15)14(22)19-10-5-16(17,18)6-10/h9-10H,3-6H2,1-2H3,(H,19,22). The van der Waals surface area contributed by atoms with Gasteiger partial charge in [-0.25, -0.2) is 8.78 Å². The van der Waals surface area contributed by atoms with Crippen molar-refractivity contribution in [1.29, 1.82) is 0 Å². The van der Waals surface area contributed by atoms with Crippen molar-refractivity contribution in [2.24, 2.45) is 0 Å². The number of nitrogens with zero attached hydrogens (tertiary/aromatic N) is 2. The van der Waals surface area contributed by atoms with Crippen molar-refractivity contribution in [3.63, 3.8) is 0 Å². The minimum absolute atomic E-state index is 0.243. The molecule has 0 atom stereocenters. The van der Waals surface area contributed by atoms with Crippen LogP contribution in [0.1, 0.15) is 58.1 Å². The molecule has 4 nitrogen and oxygen atoms in total. The van der Waals surface area contributed by atoms with Crippen LogP contribution >= 0.6 is 11.3 Å².